The minimum atomic E-state index is -0.209. The Morgan fingerprint density at radius 2 is 2.38 bits per heavy atom. The Balaban J connectivity index is 2.17. The van der Waals surface area contributed by atoms with Crippen molar-refractivity contribution in [3.8, 4) is 0 Å². The molecule has 1 aromatic heterocycles. The number of nitrogens with zero attached hydrogens (tertiary/aromatic N) is 3. The molecule has 0 bridgehead atoms. The molecule has 4 nitrogen and oxygen atoms in total. The molecule has 1 saturated heterocycles. The van der Waals surface area contributed by atoms with E-state index in [1.807, 2.05) is 6.92 Å². The van der Waals surface area contributed by atoms with Gasteiger partial charge in [0.1, 0.15) is 5.82 Å². The molecule has 2 rings (SSSR count). The van der Waals surface area contributed by atoms with Crippen molar-refractivity contribution in [1.29, 1.82) is 0 Å². The number of aliphatic hydroxyl groups is 1. The molecule has 0 amide bonds. The zero-order chi connectivity index (χ0) is 9.42. The lowest BCUT2D eigenvalue weighted by Crippen LogP contribution is -2.27. The summed E-state index contributed by atoms with van der Waals surface area (Å²) in [6.45, 7) is 4.68. The molecule has 0 radical (unpaired) electrons. The lowest BCUT2D eigenvalue weighted by atomic mass is 10.2. The van der Waals surface area contributed by atoms with Crippen molar-refractivity contribution in [2.24, 2.45) is 0 Å². The van der Waals surface area contributed by atoms with Gasteiger partial charge in [-0.05, 0) is 20.3 Å². The van der Waals surface area contributed by atoms with Crippen LogP contribution >= 0.6 is 11.5 Å². The first-order valence-corrected chi connectivity index (χ1v) is 5.19. The Bertz CT molecular complexity index is 301. The Morgan fingerprint density at radius 3 is 2.85 bits per heavy atom. The molecule has 2 atom stereocenters. The molecule has 2 heterocycles. The second-order valence-electron chi connectivity index (χ2n) is 3.52. The van der Waals surface area contributed by atoms with Gasteiger partial charge in [0.25, 0.3) is 0 Å². The highest BCUT2D eigenvalue weighted by Crippen LogP contribution is 2.26. The topological polar surface area (TPSA) is 49.2 Å². The molecule has 0 aromatic carbocycles. The largest absolute Gasteiger partial charge is 0.391 e. The maximum absolute atomic E-state index is 9.45. The normalized spacial score (nSPS) is 28.4. The van der Waals surface area contributed by atoms with Crippen molar-refractivity contribution < 1.29 is 5.11 Å². The maximum atomic E-state index is 9.45. The summed E-state index contributed by atoms with van der Waals surface area (Å²) >= 11 is 1.41. The number of hydrogen-bond donors (Lipinski definition) is 1. The molecule has 0 spiro atoms. The second-order valence-corrected chi connectivity index (χ2v) is 4.25. The van der Waals surface area contributed by atoms with Gasteiger partial charge >= 0.3 is 0 Å². The zero-order valence-corrected chi connectivity index (χ0v) is 8.58. The van der Waals surface area contributed by atoms with Crippen LogP contribution in [0.25, 0.3) is 0 Å². The van der Waals surface area contributed by atoms with Gasteiger partial charge in [-0.2, -0.15) is 4.37 Å². The minimum absolute atomic E-state index is 0.209. The van der Waals surface area contributed by atoms with E-state index in [1.165, 1.54) is 11.5 Å². The van der Waals surface area contributed by atoms with Crippen LogP contribution in [0.4, 0.5) is 5.13 Å². The van der Waals surface area contributed by atoms with Crippen LogP contribution in [0.5, 0.6) is 0 Å². The lowest BCUT2D eigenvalue weighted by molar-refractivity contribution is 0.195. The Kier molecular flexibility index (Phi) is 2.21. The average molecular weight is 199 g/mol. The summed E-state index contributed by atoms with van der Waals surface area (Å²) in [6.07, 6.45) is 0.623. The van der Waals surface area contributed by atoms with E-state index in [0.29, 0.717) is 12.6 Å². The van der Waals surface area contributed by atoms with Crippen LogP contribution in [0.2, 0.25) is 0 Å². The monoisotopic (exact) mass is 199 g/mol. The van der Waals surface area contributed by atoms with Gasteiger partial charge in [0.15, 0.2) is 0 Å². The number of rotatable bonds is 1. The van der Waals surface area contributed by atoms with Crippen molar-refractivity contribution in [3.05, 3.63) is 5.82 Å². The highest BCUT2D eigenvalue weighted by Gasteiger charge is 2.29. The highest BCUT2D eigenvalue weighted by atomic mass is 32.1. The van der Waals surface area contributed by atoms with Gasteiger partial charge in [-0.25, -0.2) is 4.98 Å². The molecule has 2 unspecified atom stereocenters. The van der Waals surface area contributed by atoms with Gasteiger partial charge < -0.3 is 10.0 Å². The van der Waals surface area contributed by atoms with Crippen LogP contribution in [-0.4, -0.2) is 33.2 Å². The number of aromatic nitrogens is 2. The zero-order valence-electron chi connectivity index (χ0n) is 7.77. The molecule has 0 saturated carbocycles. The van der Waals surface area contributed by atoms with Gasteiger partial charge in [-0.15, -0.1) is 0 Å². The van der Waals surface area contributed by atoms with Gasteiger partial charge in [0.2, 0.25) is 5.13 Å². The number of aliphatic hydroxyl groups excluding tert-OH is 1. The molecule has 72 valence electrons. The van der Waals surface area contributed by atoms with Crippen LogP contribution < -0.4 is 4.90 Å². The van der Waals surface area contributed by atoms with Crippen molar-refractivity contribution in [1.82, 2.24) is 9.36 Å². The van der Waals surface area contributed by atoms with E-state index in [1.54, 1.807) is 0 Å². The Labute approximate surface area is 81.4 Å². The summed E-state index contributed by atoms with van der Waals surface area (Å²) in [5.41, 5.74) is 0. The van der Waals surface area contributed by atoms with Crippen molar-refractivity contribution >= 4 is 16.7 Å². The first-order chi connectivity index (χ1) is 6.16. The van der Waals surface area contributed by atoms with Crippen LogP contribution in [0.15, 0.2) is 0 Å². The van der Waals surface area contributed by atoms with E-state index in [2.05, 4.69) is 21.2 Å². The van der Waals surface area contributed by atoms with Crippen LogP contribution in [0.1, 0.15) is 19.2 Å². The molecule has 1 aromatic rings. The standard InChI is InChI=1S/C8H13N3OS/c1-5-3-7(12)4-11(5)8-9-6(2)10-13-8/h5,7,12H,3-4H2,1-2H3. The molecular formula is C8H13N3OS. The Hall–Kier alpha value is -0.680. The van der Waals surface area contributed by atoms with E-state index >= 15 is 0 Å². The summed E-state index contributed by atoms with van der Waals surface area (Å²) in [6, 6.07) is 0.377. The van der Waals surface area contributed by atoms with E-state index in [4.69, 9.17) is 0 Å². The van der Waals surface area contributed by atoms with E-state index < -0.39 is 0 Å². The lowest BCUT2D eigenvalue weighted by Gasteiger charge is -2.18. The van der Waals surface area contributed by atoms with Crippen LogP contribution in [0, 0.1) is 6.92 Å². The molecule has 1 aliphatic heterocycles. The number of anilines is 1. The predicted octanol–water partition coefficient (Wildman–Crippen LogP) is 0.806. The average Bonchev–Trinajstić information content (AvgIpc) is 2.58. The fourth-order valence-electron chi connectivity index (χ4n) is 1.67. The van der Waals surface area contributed by atoms with Crippen molar-refractivity contribution in [3.63, 3.8) is 0 Å². The Morgan fingerprint density at radius 1 is 1.62 bits per heavy atom. The summed E-state index contributed by atoms with van der Waals surface area (Å²) < 4.78 is 4.13. The summed E-state index contributed by atoms with van der Waals surface area (Å²) in [5, 5.41) is 10.4. The third-order valence-electron chi connectivity index (χ3n) is 2.32. The number of hydrogen-bond acceptors (Lipinski definition) is 5. The smallest absolute Gasteiger partial charge is 0.205 e. The molecule has 1 fully saturated rings. The fourth-order valence-corrected chi connectivity index (χ4v) is 2.46. The van der Waals surface area contributed by atoms with Gasteiger partial charge in [0, 0.05) is 24.1 Å². The first kappa shape index (κ1) is 8.90. The SMILES string of the molecule is Cc1nsc(N2CC(O)CC2C)n1. The predicted molar refractivity (Wildman–Crippen MR) is 52.1 cm³/mol. The second kappa shape index (κ2) is 3.23. The fraction of sp³-hybridized carbons (Fsp3) is 0.750. The summed E-state index contributed by atoms with van der Waals surface area (Å²) in [4.78, 5) is 6.42. The van der Waals surface area contributed by atoms with Crippen molar-refractivity contribution in [2.45, 2.75) is 32.4 Å². The molecule has 1 N–H and O–H groups in total. The summed E-state index contributed by atoms with van der Waals surface area (Å²) in [7, 11) is 0. The number of β-amino-alcohol motifs (C(OH)–C–C–N with tert-alkyl or cyclic N) is 1. The van der Waals surface area contributed by atoms with Gasteiger partial charge in [0.05, 0.1) is 6.10 Å². The highest BCUT2D eigenvalue weighted by molar-refractivity contribution is 7.09. The molecule has 13 heavy (non-hydrogen) atoms. The third kappa shape index (κ3) is 1.66. The first-order valence-electron chi connectivity index (χ1n) is 4.42. The van der Waals surface area contributed by atoms with Gasteiger partial charge in [-0.3, -0.25) is 0 Å². The molecule has 0 aliphatic carbocycles. The third-order valence-corrected chi connectivity index (χ3v) is 3.16. The van der Waals surface area contributed by atoms with Gasteiger partial charge in [-0.1, -0.05) is 0 Å². The number of aryl methyl sites for hydroxylation is 1. The van der Waals surface area contributed by atoms with Crippen LogP contribution in [0.3, 0.4) is 0 Å². The van der Waals surface area contributed by atoms with E-state index in [-0.39, 0.29) is 6.10 Å². The van der Waals surface area contributed by atoms with Crippen LogP contribution in [-0.2, 0) is 0 Å². The van der Waals surface area contributed by atoms with E-state index in [9.17, 15) is 5.11 Å². The molecular weight excluding hydrogens is 186 g/mol. The van der Waals surface area contributed by atoms with Crippen molar-refractivity contribution in [2.75, 3.05) is 11.4 Å². The quantitative estimate of drug-likeness (QED) is 0.727. The summed E-state index contributed by atoms with van der Waals surface area (Å²) in [5.74, 6) is 0.814. The van der Waals surface area contributed by atoms with E-state index in [0.717, 1.165) is 17.4 Å². The molecule has 1 aliphatic rings. The maximum Gasteiger partial charge on any atom is 0.205 e. The minimum Gasteiger partial charge on any atom is -0.391 e. The molecule has 5 heteroatoms.